The van der Waals surface area contributed by atoms with Crippen LogP contribution in [0.1, 0.15) is 50.8 Å². The summed E-state index contributed by atoms with van der Waals surface area (Å²) in [5.41, 5.74) is 1.22. The Hall–Kier alpha value is -2.02. The fourth-order valence-electron chi connectivity index (χ4n) is 2.43. The van der Waals surface area contributed by atoms with Crippen LogP contribution in [-0.2, 0) is 4.74 Å². The van der Waals surface area contributed by atoms with Crippen molar-refractivity contribution in [1.29, 1.82) is 5.26 Å². The summed E-state index contributed by atoms with van der Waals surface area (Å²) in [5, 5.41) is 8.83. The van der Waals surface area contributed by atoms with Gasteiger partial charge in [-0.15, -0.1) is 0 Å². The van der Waals surface area contributed by atoms with Gasteiger partial charge in [-0.3, -0.25) is 0 Å². The lowest BCUT2D eigenvalue weighted by Gasteiger charge is -2.28. The third-order valence-corrected chi connectivity index (χ3v) is 3.31. The van der Waals surface area contributed by atoms with Crippen LogP contribution in [0.3, 0.4) is 0 Å². The molecular formula is C16H20N2O2. The highest BCUT2D eigenvalue weighted by atomic mass is 16.6. The van der Waals surface area contributed by atoms with Crippen LogP contribution >= 0.6 is 0 Å². The van der Waals surface area contributed by atoms with Crippen molar-refractivity contribution in [3.05, 3.63) is 35.4 Å². The van der Waals surface area contributed by atoms with Gasteiger partial charge in [-0.25, -0.2) is 4.79 Å². The number of carbonyl (C=O) groups is 1. The number of benzene rings is 1. The Balaban J connectivity index is 2.14. The SMILES string of the molecule is CC(C)(C)OC(=O)N1CCC[C@@H]1c1ccc(C#N)cc1. The molecule has 0 spiro atoms. The standard InChI is InChI=1S/C16H20N2O2/c1-16(2,3)20-15(19)18-10-4-5-14(18)13-8-6-12(11-17)7-9-13/h6-9,14H,4-5,10H2,1-3H3/t14-/m1/s1. The Morgan fingerprint density at radius 3 is 2.55 bits per heavy atom. The monoisotopic (exact) mass is 272 g/mol. The van der Waals surface area contributed by atoms with Gasteiger partial charge in [-0.05, 0) is 51.3 Å². The minimum atomic E-state index is -0.477. The van der Waals surface area contributed by atoms with Gasteiger partial charge in [0, 0.05) is 6.54 Å². The van der Waals surface area contributed by atoms with E-state index in [4.69, 9.17) is 10.00 Å². The van der Waals surface area contributed by atoms with Gasteiger partial charge in [0.05, 0.1) is 17.7 Å². The molecule has 0 aliphatic carbocycles. The molecule has 1 amide bonds. The maximum atomic E-state index is 12.2. The zero-order valence-corrected chi connectivity index (χ0v) is 12.2. The molecule has 1 aliphatic heterocycles. The van der Waals surface area contributed by atoms with Gasteiger partial charge in [-0.1, -0.05) is 12.1 Å². The smallest absolute Gasteiger partial charge is 0.410 e. The van der Waals surface area contributed by atoms with E-state index in [9.17, 15) is 4.79 Å². The molecule has 1 aromatic carbocycles. The van der Waals surface area contributed by atoms with E-state index in [0.29, 0.717) is 5.56 Å². The Morgan fingerprint density at radius 2 is 2.00 bits per heavy atom. The number of hydrogen-bond acceptors (Lipinski definition) is 3. The van der Waals surface area contributed by atoms with Gasteiger partial charge < -0.3 is 9.64 Å². The van der Waals surface area contributed by atoms with Crippen molar-refractivity contribution in [2.75, 3.05) is 6.54 Å². The summed E-state index contributed by atoms with van der Waals surface area (Å²) in [6, 6.07) is 9.59. The van der Waals surface area contributed by atoms with Crippen molar-refractivity contribution in [3.8, 4) is 6.07 Å². The summed E-state index contributed by atoms with van der Waals surface area (Å²) in [7, 11) is 0. The fraction of sp³-hybridized carbons (Fsp3) is 0.500. The molecule has 1 aliphatic rings. The van der Waals surface area contributed by atoms with Crippen LogP contribution in [0.5, 0.6) is 0 Å². The molecule has 1 fully saturated rings. The third kappa shape index (κ3) is 3.30. The Kier molecular flexibility index (Phi) is 3.99. The summed E-state index contributed by atoms with van der Waals surface area (Å²) in [5.74, 6) is 0. The molecule has 0 aromatic heterocycles. The van der Waals surface area contributed by atoms with Crippen LogP contribution in [0.4, 0.5) is 4.79 Å². The van der Waals surface area contributed by atoms with Crippen molar-refractivity contribution in [2.45, 2.75) is 45.3 Å². The lowest BCUT2D eigenvalue weighted by molar-refractivity contribution is 0.0224. The number of rotatable bonds is 1. The van der Waals surface area contributed by atoms with E-state index in [0.717, 1.165) is 24.9 Å². The summed E-state index contributed by atoms with van der Waals surface area (Å²) in [4.78, 5) is 14.0. The molecule has 20 heavy (non-hydrogen) atoms. The Morgan fingerprint density at radius 1 is 1.35 bits per heavy atom. The third-order valence-electron chi connectivity index (χ3n) is 3.31. The predicted molar refractivity (Wildman–Crippen MR) is 76.1 cm³/mol. The van der Waals surface area contributed by atoms with Gasteiger partial charge >= 0.3 is 6.09 Å². The topological polar surface area (TPSA) is 53.3 Å². The van der Waals surface area contributed by atoms with Crippen LogP contribution in [0.25, 0.3) is 0 Å². The number of nitriles is 1. The molecule has 0 bridgehead atoms. The number of likely N-dealkylation sites (tertiary alicyclic amines) is 1. The van der Waals surface area contributed by atoms with E-state index in [-0.39, 0.29) is 12.1 Å². The van der Waals surface area contributed by atoms with Crippen molar-refractivity contribution >= 4 is 6.09 Å². The van der Waals surface area contributed by atoms with E-state index in [2.05, 4.69) is 6.07 Å². The molecule has 4 nitrogen and oxygen atoms in total. The second kappa shape index (κ2) is 5.54. The highest BCUT2D eigenvalue weighted by Gasteiger charge is 2.32. The first-order valence-corrected chi connectivity index (χ1v) is 6.90. The zero-order chi connectivity index (χ0) is 14.8. The van der Waals surface area contributed by atoms with E-state index in [1.54, 1.807) is 17.0 Å². The average molecular weight is 272 g/mol. The fourth-order valence-corrected chi connectivity index (χ4v) is 2.43. The largest absolute Gasteiger partial charge is 0.444 e. The number of hydrogen-bond donors (Lipinski definition) is 0. The molecular weight excluding hydrogens is 252 g/mol. The molecule has 0 radical (unpaired) electrons. The second-order valence-electron chi connectivity index (χ2n) is 6.07. The van der Waals surface area contributed by atoms with Gasteiger partial charge in [0.25, 0.3) is 0 Å². The molecule has 106 valence electrons. The maximum absolute atomic E-state index is 12.2. The zero-order valence-electron chi connectivity index (χ0n) is 12.2. The first-order chi connectivity index (χ1) is 9.40. The number of ether oxygens (including phenoxy) is 1. The molecule has 0 unspecified atom stereocenters. The number of carbonyl (C=O) groups excluding carboxylic acids is 1. The van der Waals surface area contributed by atoms with Crippen LogP contribution in [0.15, 0.2) is 24.3 Å². The van der Waals surface area contributed by atoms with Gasteiger partial charge in [0.15, 0.2) is 0 Å². The summed E-state index contributed by atoms with van der Waals surface area (Å²) < 4.78 is 5.45. The second-order valence-corrected chi connectivity index (χ2v) is 6.07. The minimum Gasteiger partial charge on any atom is -0.444 e. The van der Waals surface area contributed by atoms with E-state index in [1.165, 1.54) is 0 Å². The van der Waals surface area contributed by atoms with Crippen molar-refractivity contribution in [2.24, 2.45) is 0 Å². The molecule has 1 saturated heterocycles. The Bertz CT molecular complexity index is 523. The predicted octanol–water partition coefficient (Wildman–Crippen LogP) is 3.63. The van der Waals surface area contributed by atoms with Crippen molar-refractivity contribution in [1.82, 2.24) is 4.90 Å². The molecule has 1 heterocycles. The quantitative estimate of drug-likeness (QED) is 0.784. The number of amides is 1. The van der Waals surface area contributed by atoms with Crippen LogP contribution in [0, 0.1) is 11.3 Å². The summed E-state index contributed by atoms with van der Waals surface area (Å²) in [6.45, 7) is 6.34. The summed E-state index contributed by atoms with van der Waals surface area (Å²) >= 11 is 0. The van der Waals surface area contributed by atoms with Gasteiger partial charge in [0.1, 0.15) is 5.60 Å². The van der Waals surface area contributed by atoms with E-state index >= 15 is 0 Å². The molecule has 4 heteroatoms. The highest BCUT2D eigenvalue weighted by molar-refractivity contribution is 5.69. The summed E-state index contributed by atoms with van der Waals surface area (Å²) in [6.07, 6.45) is 1.65. The molecule has 1 atom stereocenters. The molecule has 2 rings (SSSR count). The van der Waals surface area contributed by atoms with Crippen molar-refractivity contribution < 1.29 is 9.53 Å². The van der Waals surface area contributed by atoms with E-state index in [1.807, 2.05) is 32.9 Å². The van der Waals surface area contributed by atoms with Gasteiger partial charge in [-0.2, -0.15) is 5.26 Å². The van der Waals surface area contributed by atoms with Crippen molar-refractivity contribution in [3.63, 3.8) is 0 Å². The van der Waals surface area contributed by atoms with E-state index < -0.39 is 5.60 Å². The molecule has 1 aromatic rings. The maximum Gasteiger partial charge on any atom is 0.410 e. The lowest BCUT2D eigenvalue weighted by atomic mass is 10.0. The average Bonchev–Trinajstić information content (AvgIpc) is 2.86. The first-order valence-electron chi connectivity index (χ1n) is 6.90. The number of nitrogens with zero attached hydrogens (tertiary/aromatic N) is 2. The minimum absolute atomic E-state index is 0.0533. The first kappa shape index (κ1) is 14.4. The van der Waals surface area contributed by atoms with Gasteiger partial charge in [0.2, 0.25) is 0 Å². The molecule has 0 N–H and O–H groups in total. The van der Waals surface area contributed by atoms with Crippen LogP contribution < -0.4 is 0 Å². The van der Waals surface area contributed by atoms with Crippen LogP contribution in [0.2, 0.25) is 0 Å². The lowest BCUT2D eigenvalue weighted by Crippen LogP contribution is -2.36. The normalized spacial score (nSPS) is 18.7. The van der Waals surface area contributed by atoms with Crippen LogP contribution in [-0.4, -0.2) is 23.1 Å². The Labute approximate surface area is 120 Å². The highest BCUT2D eigenvalue weighted by Crippen LogP contribution is 2.33. The molecule has 0 saturated carbocycles.